The molecule has 3 atom stereocenters. The van der Waals surface area contributed by atoms with Crippen LogP contribution in [0.15, 0.2) is 18.2 Å². The molecule has 3 N–H and O–H groups in total. The Balaban J connectivity index is 2.53. The first-order valence-electron chi connectivity index (χ1n) is 13.3. The van der Waals surface area contributed by atoms with E-state index < -0.39 is 36.0 Å². The molecule has 1 aliphatic heterocycles. The number of carboxylic acid groups (broad SMARTS) is 3. The van der Waals surface area contributed by atoms with E-state index in [2.05, 4.69) is 4.98 Å². The van der Waals surface area contributed by atoms with Gasteiger partial charge in [0.05, 0.1) is 11.4 Å². The standard InChI is InChI=1S/C27H38N4O9/c1-19(34)9-10-24(27(39)40)31-14-12-29(22(25(35)36)7-3-15-32)11-13-30(23(26(37)38)8-4-16-33)17-20-5-2-6-21(18-31)28-20/h2,5-6,15-16,22-24H,3-4,7-14,17-18H2,1H3,(H,35,36)(H,37,38)(H,39,40)/t22-,23-,24-/m0/s1. The zero-order valence-electron chi connectivity index (χ0n) is 22.7. The van der Waals surface area contributed by atoms with Crippen LogP contribution < -0.4 is 0 Å². The minimum Gasteiger partial charge on any atom is -0.480 e. The first-order chi connectivity index (χ1) is 19.1. The number of pyridine rings is 1. The van der Waals surface area contributed by atoms with Crippen LogP contribution in [-0.4, -0.2) is 116 Å². The van der Waals surface area contributed by atoms with Crippen molar-refractivity contribution in [2.75, 3.05) is 26.2 Å². The van der Waals surface area contributed by atoms with E-state index in [1.54, 1.807) is 32.9 Å². The van der Waals surface area contributed by atoms with Gasteiger partial charge >= 0.3 is 17.9 Å². The van der Waals surface area contributed by atoms with Gasteiger partial charge in [0, 0.05) is 58.5 Å². The minimum absolute atomic E-state index is 0.00281. The lowest BCUT2D eigenvalue weighted by atomic mass is 10.1. The highest BCUT2D eigenvalue weighted by molar-refractivity contribution is 5.78. The highest BCUT2D eigenvalue weighted by Gasteiger charge is 2.32. The van der Waals surface area contributed by atoms with Gasteiger partial charge in [-0.1, -0.05) is 6.07 Å². The lowest BCUT2D eigenvalue weighted by Gasteiger charge is -2.36. The summed E-state index contributed by atoms with van der Waals surface area (Å²) in [6.07, 6.45) is 1.55. The Morgan fingerprint density at radius 1 is 0.750 bits per heavy atom. The molecule has 0 amide bonds. The van der Waals surface area contributed by atoms with Crippen molar-refractivity contribution < 1.29 is 44.1 Å². The smallest absolute Gasteiger partial charge is 0.320 e. The van der Waals surface area contributed by atoms with Crippen LogP contribution in [0.4, 0.5) is 0 Å². The quantitative estimate of drug-likeness (QED) is 0.254. The second-order valence-electron chi connectivity index (χ2n) is 9.89. The number of fused-ring (bicyclic) bond motifs is 2. The van der Waals surface area contributed by atoms with Crippen molar-refractivity contribution >= 4 is 36.3 Å². The SMILES string of the molecule is CC(=O)CC[C@@H](C(=O)O)N1CCN([C@@H](CCC=O)C(=O)O)CCN([C@@H](CCC=O)C(=O)O)Cc2cccc(n2)C1. The van der Waals surface area contributed by atoms with Gasteiger partial charge in [-0.3, -0.25) is 34.1 Å². The molecule has 2 bridgehead atoms. The topological polar surface area (TPSA) is 186 Å². The average Bonchev–Trinajstić information content (AvgIpc) is 2.88. The molecule has 2 rings (SSSR count). The Hall–Kier alpha value is -3.55. The number of aldehydes is 2. The molecule has 13 nitrogen and oxygen atoms in total. The molecular weight excluding hydrogens is 524 g/mol. The van der Waals surface area contributed by atoms with E-state index in [1.165, 1.54) is 6.92 Å². The van der Waals surface area contributed by atoms with Crippen LogP contribution in [0.25, 0.3) is 0 Å². The maximum atomic E-state index is 12.2. The first-order valence-corrected chi connectivity index (χ1v) is 13.3. The van der Waals surface area contributed by atoms with Gasteiger partial charge in [-0.05, 0) is 38.3 Å². The van der Waals surface area contributed by atoms with Crippen LogP contribution in [0, 0.1) is 0 Å². The van der Waals surface area contributed by atoms with E-state index in [0.29, 0.717) is 24.0 Å². The van der Waals surface area contributed by atoms with Crippen LogP contribution in [0.2, 0.25) is 0 Å². The predicted molar refractivity (Wildman–Crippen MR) is 141 cm³/mol. The Morgan fingerprint density at radius 3 is 1.55 bits per heavy atom. The fraction of sp³-hybridized carbons (Fsp3) is 0.593. The highest BCUT2D eigenvalue weighted by atomic mass is 16.4. The highest BCUT2D eigenvalue weighted by Crippen LogP contribution is 2.18. The van der Waals surface area contributed by atoms with E-state index in [4.69, 9.17) is 0 Å². The summed E-state index contributed by atoms with van der Waals surface area (Å²) in [5.41, 5.74) is 1.07. The van der Waals surface area contributed by atoms with Crippen LogP contribution in [0.1, 0.15) is 56.8 Å². The number of carboxylic acids is 3. The fourth-order valence-electron chi connectivity index (χ4n) is 4.93. The van der Waals surface area contributed by atoms with Crippen molar-refractivity contribution in [2.24, 2.45) is 0 Å². The molecule has 1 aromatic heterocycles. The van der Waals surface area contributed by atoms with Crippen LogP contribution in [0.5, 0.6) is 0 Å². The average molecular weight is 563 g/mol. The molecule has 0 radical (unpaired) electrons. The van der Waals surface area contributed by atoms with Crippen molar-refractivity contribution in [2.45, 2.75) is 76.7 Å². The van der Waals surface area contributed by atoms with Crippen molar-refractivity contribution in [3.05, 3.63) is 29.6 Å². The van der Waals surface area contributed by atoms with E-state index in [0.717, 1.165) is 0 Å². The summed E-state index contributed by atoms with van der Waals surface area (Å²) >= 11 is 0. The van der Waals surface area contributed by atoms with Crippen molar-refractivity contribution in [1.29, 1.82) is 0 Å². The molecule has 0 saturated heterocycles. The summed E-state index contributed by atoms with van der Waals surface area (Å²) in [4.78, 5) is 79.9. The number of hydrogen-bond acceptors (Lipinski definition) is 10. The van der Waals surface area contributed by atoms with E-state index in [1.807, 2.05) is 0 Å². The van der Waals surface area contributed by atoms with E-state index >= 15 is 0 Å². The Morgan fingerprint density at radius 2 is 1.15 bits per heavy atom. The normalized spacial score (nSPS) is 17.9. The number of Topliss-reactive ketones (excluding diaryl/α,β-unsaturated/α-hetero) is 1. The van der Waals surface area contributed by atoms with Gasteiger partial charge < -0.3 is 29.7 Å². The van der Waals surface area contributed by atoms with Crippen molar-refractivity contribution in [3.8, 4) is 0 Å². The van der Waals surface area contributed by atoms with Crippen LogP contribution in [0.3, 0.4) is 0 Å². The largest absolute Gasteiger partial charge is 0.480 e. The number of carbonyl (C=O) groups is 6. The molecule has 0 spiro atoms. The maximum absolute atomic E-state index is 12.2. The number of hydrogen-bond donors (Lipinski definition) is 3. The summed E-state index contributed by atoms with van der Waals surface area (Å²) in [6, 6.07) is 2.09. The van der Waals surface area contributed by atoms with Gasteiger partial charge in [0.15, 0.2) is 0 Å². The molecular formula is C27H38N4O9. The Kier molecular flexibility index (Phi) is 13.5. The first kappa shape index (κ1) is 32.7. The number of rotatable bonds is 15. The zero-order valence-corrected chi connectivity index (χ0v) is 22.7. The summed E-state index contributed by atoms with van der Waals surface area (Å²) in [5.74, 6) is -3.53. The molecule has 1 aliphatic rings. The molecule has 1 aromatic rings. The Labute approximate surface area is 232 Å². The van der Waals surface area contributed by atoms with Gasteiger partial charge in [0.25, 0.3) is 0 Å². The third kappa shape index (κ3) is 10.2. The monoisotopic (exact) mass is 562 g/mol. The number of aromatic nitrogens is 1. The second kappa shape index (κ2) is 16.5. The van der Waals surface area contributed by atoms with Crippen molar-refractivity contribution in [1.82, 2.24) is 19.7 Å². The number of aliphatic carboxylic acids is 3. The third-order valence-corrected chi connectivity index (χ3v) is 7.01. The van der Waals surface area contributed by atoms with Gasteiger partial charge in [0.1, 0.15) is 36.5 Å². The van der Waals surface area contributed by atoms with Crippen LogP contribution in [-0.2, 0) is 41.9 Å². The Bertz CT molecular complexity index is 1050. The van der Waals surface area contributed by atoms with E-state index in [-0.39, 0.29) is 83.6 Å². The summed E-state index contributed by atoms with van der Waals surface area (Å²) in [6.45, 7) is 2.07. The summed E-state index contributed by atoms with van der Waals surface area (Å²) in [7, 11) is 0. The predicted octanol–water partition coefficient (Wildman–Crippen LogP) is 0.688. The lowest BCUT2D eigenvalue weighted by molar-refractivity contribution is -0.147. The van der Waals surface area contributed by atoms with Gasteiger partial charge in [-0.25, -0.2) is 0 Å². The van der Waals surface area contributed by atoms with Gasteiger partial charge in [-0.2, -0.15) is 0 Å². The van der Waals surface area contributed by atoms with Gasteiger partial charge in [0.2, 0.25) is 0 Å². The third-order valence-electron chi connectivity index (χ3n) is 7.01. The number of nitrogens with zero attached hydrogens (tertiary/aromatic N) is 4. The van der Waals surface area contributed by atoms with Crippen LogP contribution >= 0.6 is 0 Å². The fourth-order valence-corrected chi connectivity index (χ4v) is 4.93. The summed E-state index contributed by atoms with van der Waals surface area (Å²) < 4.78 is 0. The van der Waals surface area contributed by atoms with Gasteiger partial charge in [-0.15, -0.1) is 0 Å². The maximum Gasteiger partial charge on any atom is 0.320 e. The lowest BCUT2D eigenvalue weighted by Crippen LogP contribution is -2.52. The molecule has 40 heavy (non-hydrogen) atoms. The summed E-state index contributed by atoms with van der Waals surface area (Å²) in [5, 5.41) is 29.9. The molecule has 0 fully saturated rings. The minimum atomic E-state index is -1.15. The second-order valence-corrected chi connectivity index (χ2v) is 9.89. The molecule has 0 saturated carbocycles. The van der Waals surface area contributed by atoms with Crippen molar-refractivity contribution in [3.63, 3.8) is 0 Å². The number of ketones is 1. The molecule has 0 aromatic carbocycles. The van der Waals surface area contributed by atoms with E-state index in [9.17, 15) is 44.1 Å². The molecule has 13 heteroatoms. The molecule has 2 heterocycles. The molecule has 220 valence electrons. The number of carbonyl (C=O) groups excluding carboxylic acids is 3. The molecule has 0 unspecified atom stereocenters. The zero-order chi connectivity index (χ0) is 29.7. The molecule has 0 aliphatic carbocycles.